The van der Waals surface area contributed by atoms with Gasteiger partial charge < -0.3 is 10.0 Å². The number of aromatic carboxylic acids is 1. The van der Waals surface area contributed by atoms with Crippen molar-refractivity contribution in [1.82, 2.24) is 0 Å². The van der Waals surface area contributed by atoms with Crippen molar-refractivity contribution in [2.45, 2.75) is 25.7 Å². The Morgan fingerprint density at radius 1 is 1.18 bits per heavy atom. The van der Waals surface area contributed by atoms with Gasteiger partial charge >= 0.3 is 5.97 Å². The normalized spacial score (nSPS) is 16.6. The maximum Gasteiger partial charge on any atom is 0.337 e. The lowest BCUT2D eigenvalue weighted by Crippen LogP contribution is -2.25. The third-order valence-electron chi connectivity index (χ3n) is 3.14. The minimum atomic E-state index is -0.856. The number of nitrogens with zero attached hydrogens (tertiary/aromatic N) is 1. The van der Waals surface area contributed by atoms with Crippen LogP contribution in [-0.2, 0) is 0 Å². The van der Waals surface area contributed by atoms with Crippen molar-refractivity contribution in [3.63, 3.8) is 0 Å². The topological polar surface area (TPSA) is 40.5 Å². The molecule has 1 N–H and O–H groups in total. The Kier molecular flexibility index (Phi) is 4.05. The molecule has 17 heavy (non-hydrogen) atoms. The van der Waals surface area contributed by atoms with Gasteiger partial charge in [0.25, 0.3) is 0 Å². The van der Waals surface area contributed by atoms with E-state index in [2.05, 4.69) is 20.8 Å². The number of hydrogen-bond donors (Lipinski definition) is 1. The molecule has 0 unspecified atom stereocenters. The Bertz CT molecular complexity index is 412. The Hall–Kier alpha value is -1.03. The van der Waals surface area contributed by atoms with Crippen LogP contribution in [0.25, 0.3) is 0 Å². The Balaban J connectivity index is 2.32. The van der Waals surface area contributed by atoms with E-state index in [1.807, 2.05) is 12.1 Å². The number of carboxylic acids is 1. The molecule has 1 heterocycles. The van der Waals surface area contributed by atoms with Gasteiger partial charge in [-0.05, 0) is 31.0 Å². The number of benzene rings is 1. The van der Waals surface area contributed by atoms with E-state index in [0.29, 0.717) is 5.56 Å². The molecule has 0 amide bonds. The standard InChI is InChI=1S/C13H16BrNO2/c14-10-5-6-12(11(9-10)13(16)17)15-7-3-1-2-4-8-15/h5-6,9H,1-4,7-8H2,(H,16,17). The van der Waals surface area contributed by atoms with Gasteiger partial charge in [0.1, 0.15) is 0 Å². The van der Waals surface area contributed by atoms with Gasteiger partial charge in [-0.2, -0.15) is 0 Å². The average molecular weight is 298 g/mol. The first-order valence-electron chi connectivity index (χ1n) is 5.96. The number of carboxylic acid groups (broad SMARTS) is 1. The molecule has 1 aromatic rings. The smallest absolute Gasteiger partial charge is 0.337 e. The van der Waals surface area contributed by atoms with Gasteiger partial charge in [-0.25, -0.2) is 4.79 Å². The summed E-state index contributed by atoms with van der Waals surface area (Å²) < 4.78 is 0.813. The van der Waals surface area contributed by atoms with Crippen LogP contribution >= 0.6 is 15.9 Å². The van der Waals surface area contributed by atoms with Crippen LogP contribution in [0.3, 0.4) is 0 Å². The number of anilines is 1. The van der Waals surface area contributed by atoms with Gasteiger partial charge in [0.05, 0.1) is 11.3 Å². The Morgan fingerprint density at radius 2 is 1.82 bits per heavy atom. The molecule has 2 rings (SSSR count). The highest BCUT2D eigenvalue weighted by Crippen LogP contribution is 2.26. The maximum atomic E-state index is 11.3. The predicted molar refractivity (Wildman–Crippen MR) is 71.8 cm³/mol. The summed E-state index contributed by atoms with van der Waals surface area (Å²) in [6.07, 6.45) is 4.79. The van der Waals surface area contributed by atoms with Crippen molar-refractivity contribution in [2.75, 3.05) is 18.0 Å². The summed E-state index contributed by atoms with van der Waals surface area (Å²) in [6.45, 7) is 1.92. The van der Waals surface area contributed by atoms with Gasteiger partial charge in [0.15, 0.2) is 0 Å². The van der Waals surface area contributed by atoms with Crippen molar-refractivity contribution in [2.24, 2.45) is 0 Å². The van der Waals surface area contributed by atoms with Crippen LogP contribution in [0.15, 0.2) is 22.7 Å². The predicted octanol–water partition coefficient (Wildman–Crippen LogP) is 3.53. The first-order chi connectivity index (χ1) is 8.18. The fourth-order valence-corrected chi connectivity index (χ4v) is 2.63. The molecule has 0 atom stereocenters. The van der Waals surface area contributed by atoms with Crippen molar-refractivity contribution in [1.29, 1.82) is 0 Å². The molecule has 0 aromatic heterocycles. The second-order valence-corrected chi connectivity index (χ2v) is 5.28. The summed E-state index contributed by atoms with van der Waals surface area (Å²) in [4.78, 5) is 13.5. The minimum Gasteiger partial charge on any atom is -0.478 e. The van der Waals surface area contributed by atoms with E-state index in [1.54, 1.807) is 6.07 Å². The van der Waals surface area contributed by atoms with Crippen LogP contribution in [0.5, 0.6) is 0 Å². The first kappa shape index (κ1) is 12.4. The van der Waals surface area contributed by atoms with Gasteiger partial charge in [-0.15, -0.1) is 0 Å². The molecule has 1 aromatic carbocycles. The maximum absolute atomic E-state index is 11.3. The lowest BCUT2D eigenvalue weighted by atomic mass is 10.1. The second-order valence-electron chi connectivity index (χ2n) is 4.37. The second kappa shape index (κ2) is 5.54. The summed E-state index contributed by atoms with van der Waals surface area (Å²) in [5.74, 6) is -0.856. The van der Waals surface area contributed by atoms with E-state index >= 15 is 0 Å². The van der Waals surface area contributed by atoms with E-state index in [0.717, 1.165) is 36.1 Å². The Morgan fingerprint density at radius 3 is 2.41 bits per heavy atom. The van der Waals surface area contributed by atoms with Crippen molar-refractivity contribution >= 4 is 27.6 Å². The SMILES string of the molecule is O=C(O)c1cc(Br)ccc1N1CCCCCC1. The van der Waals surface area contributed by atoms with Crippen LogP contribution in [0.4, 0.5) is 5.69 Å². The summed E-state index contributed by atoms with van der Waals surface area (Å²) >= 11 is 3.32. The molecule has 4 heteroatoms. The first-order valence-corrected chi connectivity index (χ1v) is 6.75. The van der Waals surface area contributed by atoms with Crippen LogP contribution in [0.1, 0.15) is 36.0 Å². The fourth-order valence-electron chi connectivity index (χ4n) is 2.27. The highest BCUT2D eigenvalue weighted by molar-refractivity contribution is 9.10. The van der Waals surface area contributed by atoms with Crippen LogP contribution in [0.2, 0.25) is 0 Å². The van der Waals surface area contributed by atoms with Crippen molar-refractivity contribution < 1.29 is 9.90 Å². The summed E-state index contributed by atoms with van der Waals surface area (Å²) in [5.41, 5.74) is 1.24. The zero-order chi connectivity index (χ0) is 12.3. The number of hydrogen-bond acceptors (Lipinski definition) is 2. The van der Waals surface area contributed by atoms with E-state index in [4.69, 9.17) is 0 Å². The third-order valence-corrected chi connectivity index (χ3v) is 3.63. The van der Waals surface area contributed by atoms with E-state index in [1.165, 1.54) is 12.8 Å². The molecule has 0 bridgehead atoms. The third kappa shape index (κ3) is 3.00. The molecule has 1 saturated heterocycles. The molecule has 1 fully saturated rings. The highest BCUT2D eigenvalue weighted by atomic mass is 79.9. The van der Waals surface area contributed by atoms with Crippen molar-refractivity contribution in [3.8, 4) is 0 Å². The van der Waals surface area contributed by atoms with Crippen LogP contribution in [0, 0.1) is 0 Å². The Labute approximate surface area is 110 Å². The van der Waals surface area contributed by atoms with E-state index < -0.39 is 5.97 Å². The number of halogens is 1. The van der Waals surface area contributed by atoms with Crippen LogP contribution in [-0.4, -0.2) is 24.2 Å². The highest BCUT2D eigenvalue weighted by Gasteiger charge is 2.17. The van der Waals surface area contributed by atoms with Gasteiger partial charge in [0.2, 0.25) is 0 Å². The molecular weight excluding hydrogens is 282 g/mol. The molecule has 0 radical (unpaired) electrons. The fraction of sp³-hybridized carbons (Fsp3) is 0.462. The zero-order valence-corrected chi connectivity index (χ0v) is 11.2. The number of carbonyl (C=O) groups is 1. The molecular formula is C13H16BrNO2. The van der Waals surface area contributed by atoms with E-state index in [-0.39, 0.29) is 0 Å². The summed E-state index contributed by atoms with van der Waals surface area (Å²) in [5, 5.41) is 9.24. The molecule has 1 aliphatic heterocycles. The lowest BCUT2D eigenvalue weighted by Gasteiger charge is -2.24. The van der Waals surface area contributed by atoms with Gasteiger partial charge in [-0.3, -0.25) is 0 Å². The summed E-state index contributed by atoms with van der Waals surface area (Å²) in [6, 6.07) is 5.49. The summed E-state index contributed by atoms with van der Waals surface area (Å²) in [7, 11) is 0. The lowest BCUT2D eigenvalue weighted by molar-refractivity contribution is 0.0697. The molecule has 3 nitrogen and oxygen atoms in total. The molecule has 0 aliphatic carbocycles. The molecule has 92 valence electrons. The van der Waals surface area contributed by atoms with E-state index in [9.17, 15) is 9.90 Å². The van der Waals surface area contributed by atoms with Gasteiger partial charge in [-0.1, -0.05) is 28.8 Å². The molecule has 0 saturated carbocycles. The number of rotatable bonds is 2. The average Bonchev–Trinajstić information content (AvgIpc) is 2.57. The quantitative estimate of drug-likeness (QED) is 0.908. The zero-order valence-electron chi connectivity index (χ0n) is 9.66. The van der Waals surface area contributed by atoms with Crippen LogP contribution < -0.4 is 4.90 Å². The monoisotopic (exact) mass is 297 g/mol. The molecule has 0 spiro atoms. The van der Waals surface area contributed by atoms with Gasteiger partial charge in [0, 0.05) is 17.6 Å². The minimum absolute atomic E-state index is 0.390. The largest absolute Gasteiger partial charge is 0.478 e. The van der Waals surface area contributed by atoms with Crippen molar-refractivity contribution in [3.05, 3.63) is 28.2 Å². The molecule has 1 aliphatic rings.